The number of carbonyl (C=O) groups excluding carboxylic acids is 2. The minimum absolute atomic E-state index is 0.189. The Kier molecular flexibility index (Phi) is 5.25. The molecule has 2 aromatic rings. The van der Waals surface area contributed by atoms with Crippen LogP contribution in [-0.2, 0) is 0 Å². The summed E-state index contributed by atoms with van der Waals surface area (Å²) in [5.41, 5.74) is 1.34. The van der Waals surface area contributed by atoms with Crippen LogP contribution >= 0.6 is 0 Å². The van der Waals surface area contributed by atoms with Crippen LogP contribution in [0, 0.1) is 12.7 Å². The molecule has 0 atom stereocenters. The zero-order valence-electron chi connectivity index (χ0n) is 12.7. The molecule has 2 aromatic carbocycles. The van der Waals surface area contributed by atoms with Crippen LogP contribution in [-0.4, -0.2) is 18.4 Å². The number of para-hydroxylation sites is 1. The summed E-state index contributed by atoms with van der Waals surface area (Å²) in [6, 6.07) is 10.9. The van der Waals surface area contributed by atoms with Crippen LogP contribution in [0.15, 0.2) is 55.1 Å². The maximum atomic E-state index is 13.6. The summed E-state index contributed by atoms with van der Waals surface area (Å²) in [5, 5.41) is 5.29. The summed E-state index contributed by atoms with van der Waals surface area (Å²) in [7, 11) is 0. The summed E-state index contributed by atoms with van der Waals surface area (Å²) in [6.07, 6.45) is 1.56. The van der Waals surface area contributed by atoms with Crippen molar-refractivity contribution in [2.75, 3.05) is 11.9 Å². The number of rotatable bonds is 5. The van der Waals surface area contributed by atoms with Gasteiger partial charge in [0.2, 0.25) is 0 Å². The molecule has 2 rings (SSSR count). The fraction of sp³-hybridized carbons (Fsp3) is 0.111. The Bertz CT molecular complexity index is 756. The molecule has 0 aromatic heterocycles. The Hall–Kier alpha value is -2.95. The zero-order valence-corrected chi connectivity index (χ0v) is 12.7. The van der Waals surface area contributed by atoms with Gasteiger partial charge >= 0.3 is 0 Å². The summed E-state index contributed by atoms with van der Waals surface area (Å²) >= 11 is 0. The van der Waals surface area contributed by atoms with E-state index < -0.39 is 11.7 Å². The van der Waals surface area contributed by atoms with Crippen molar-refractivity contribution in [2.24, 2.45) is 0 Å². The first-order valence-corrected chi connectivity index (χ1v) is 7.08. The number of aryl methyl sites for hydroxylation is 1. The molecule has 0 heterocycles. The van der Waals surface area contributed by atoms with Crippen molar-refractivity contribution < 1.29 is 14.0 Å². The molecule has 2 N–H and O–H groups in total. The Morgan fingerprint density at radius 2 is 1.91 bits per heavy atom. The Labute approximate surface area is 134 Å². The van der Waals surface area contributed by atoms with Crippen LogP contribution in [0.4, 0.5) is 10.1 Å². The summed E-state index contributed by atoms with van der Waals surface area (Å²) in [4.78, 5) is 24.3. The van der Waals surface area contributed by atoms with Gasteiger partial charge in [-0.15, -0.1) is 6.58 Å². The van der Waals surface area contributed by atoms with Crippen molar-refractivity contribution in [1.82, 2.24) is 5.32 Å². The molecule has 4 nitrogen and oxygen atoms in total. The van der Waals surface area contributed by atoms with Crippen molar-refractivity contribution in [3.05, 3.63) is 77.6 Å². The van der Waals surface area contributed by atoms with Gasteiger partial charge < -0.3 is 10.6 Å². The van der Waals surface area contributed by atoms with Crippen LogP contribution in [0.1, 0.15) is 26.3 Å². The average Bonchev–Trinajstić information content (AvgIpc) is 2.55. The third-order valence-electron chi connectivity index (χ3n) is 3.26. The predicted octanol–water partition coefficient (Wildman–Crippen LogP) is 3.30. The SMILES string of the molecule is C=CCNC(=O)c1ccccc1NC(=O)c1ccc(C)c(F)c1. The van der Waals surface area contributed by atoms with Crippen LogP contribution in [0.25, 0.3) is 0 Å². The number of halogens is 1. The van der Waals surface area contributed by atoms with E-state index >= 15 is 0 Å². The minimum atomic E-state index is -0.479. The lowest BCUT2D eigenvalue weighted by Gasteiger charge is -2.11. The van der Waals surface area contributed by atoms with E-state index in [4.69, 9.17) is 0 Å². The van der Waals surface area contributed by atoms with E-state index in [1.54, 1.807) is 37.3 Å². The molecule has 0 aliphatic carbocycles. The second kappa shape index (κ2) is 7.35. The van der Waals surface area contributed by atoms with E-state index in [0.717, 1.165) is 0 Å². The Balaban J connectivity index is 2.22. The molecule has 5 heteroatoms. The van der Waals surface area contributed by atoms with Crippen molar-refractivity contribution in [1.29, 1.82) is 0 Å². The lowest BCUT2D eigenvalue weighted by Crippen LogP contribution is -2.25. The molecular weight excluding hydrogens is 295 g/mol. The number of carbonyl (C=O) groups is 2. The van der Waals surface area contributed by atoms with E-state index in [2.05, 4.69) is 17.2 Å². The minimum Gasteiger partial charge on any atom is -0.349 e. The number of benzene rings is 2. The van der Waals surface area contributed by atoms with E-state index in [-0.39, 0.29) is 11.5 Å². The van der Waals surface area contributed by atoms with E-state index in [1.807, 2.05) is 0 Å². The van der Waals surface area contributed by atoms with Crippen molar-refractivity contribution in [2.45, 2.75) is 6.92 Å². The second-order valence-corrected chi connectivity index (χ2v) is 4.96. The second-order valence-electron chi connectivity index (χ2n) is 4.96. The van der Waals surface area contributed by atoms with Gasteiger partial charge in [-0.05, 0) is 36.8 Å². The molecule has 0 unspecified atom stereocenters. The Morgan fingerprint density at radius 1 is 1.17 bits per heavy atom. The number of hydrogen-bond acceptors (Lipinski definition) is 2. The Morgan fingerprint density at radius 3 is 2.61 bits per heavy atom. The third-order valence-corrected chi connectivity index (χ3v) is 3.26. The van der Waals surface area contributed by atoms with Crippen LogP contribution < -0.4 is 10.6 Å². The molecule has 0 saturated heterocycles. The number of hydrogen-bond donors (Lipinski definition) is 2. The van der Waals surface area contributed by atoms with Crippen molar-refractivity contribution in [3.63, 3.8) is 0 Å². The van der Waals surface area contributed by atoms with Gasteiger partial charge in [0.25, 0.3) is 11.8 Å². The van der Waals surface area contributed by atoms with Crippen LogP contribution in [0.5, 0.6) is 0 Å². The number of nitrogens with one attached hydrogen (secondary N) is 2. The lowest BCUT2D eigenvalue weighted by molar-refractivity contribution is 0.0959. The molecule has 0 aliphatic heterocycles. The van der Waals surface area contributed by atoms with Gasteiger partial charge in [0.15, 0.2) is 0 Å². The highest BCUT2D eigenvalue weighted by Crippen LogP contribution is 2.17. The zero-order chi connectivity index (χ0) is 16.8. The number of anilines is 1. The molecule has 2 amide bonds. The molecule has 0 saturated carbocycles. The standard InChI is InChI=1S/C18H17FN2O2/c1-3-10-20-18(23)14-6-4-5-7-16(14)21-17(22)13-9-8-12(2)15(19)11-13/h3-9,11H,1,10H2,2H3,(H,20,23)(H,21,22). The smallest absolute Gasteiger partial charge is 0.255 e. The predicted molar refractivity (Wildman–Crippen MR) is 88.1 cm³/mol. The highest BCUT2D eigenvalue weighted by molar-refractivity contribution is 6.09. The van der Waals surface area contributed by atoms with E-state index in [0.29, 0.717) is 23.4 Å². The quantitative estimate of drug-likeness (QED) is 0.832. The third kappa shape index (κ3) is 4.03. The van der Waals surface area contributed by atoms with Gasteiger partial charge in [0.1, 0.15) is 5.82 Å². The lowest BCUT2D eigenvalue weighted by atomic mass is 10.1. The maximum absolute atomic E-state index is 13.6. The summed E-state index contributed by atoms with van der Waals surface area (Å²) in [5.74, 6) is -1.25. The van der Waals surface area contributed by atoms with Gasteiger partial charge in [0, 0.05) is 12.1 Å². The first kappa shape index (κ1) is 16.4. The topological polar surface area (TPSA) is 58.2 Å². The van der Waals surface area contributed by atoms with Gasteiger partial charge in [-0.25, -0.2) is 4.39 Å². The molecule has 118 valence electrons. The molecular formula is C18H17FN2O2. The monoisotopic (exact) mass is 312 g/mol. The van der Waals surface area contributed by atoms with Gasteiger partial charge in [0.05, 0.1) is 11.3 Å². The largest absolute Gasteiger partial charge is 0.349 e. The van der Waals surface area contributed by atoms with E-state index in [1.165, 1.54) is 18.2 Å². The van der Waals surface area contributed by atoms with Crippen molar-refractivity contribution in [3.8, 4) is 0 Å². The molecule has 0 radical (unpaired) electrons. The fourth-order valence-electron chi connectivity index (χ4n) is 1.98. The normalized spacial score (nSPS) is 10.0. The number of amides is 2. The highest BCUT2D eigenvalue weighted by atomic mass is 19.1. The fourth-order valence-corrected chi connectivity index (χ4v) is 1.98. The molecule has 0 bridgehead atoms. The van der Waals surface area contributed by atoms with E-state index in [9.17, 15) is 14.0 Å². The first-order chi connectivity index (χ1) is 11.0. The average molecular weight is 312 g/mol. The van der Waals surface area contributed by atoms with Crippen LogP contribution in [0.3, 0.4) is 0 Å². The summed E-state index contributed by atoms with van der Waals surface area (Å²) < 4.78 is 13.6. The molecule has 0 aliphatic rings. The first-order valence-electron chi connectivity index (χ1n) is 7.08. The van der Waals surface area contributed by atoms with Gasteiger partial charge in [-0.2, -0.15) is 0 Å². The maximum Gasteiger partial charge on any atom is 0.255 e. The van der Waals surface area contributed by atoms with Gasteiger partial charge in [-0.3, -0.25) is 9.59 Å². The highest BCUT2D eigenvalue weighted by Gasteiger charge is 2.14. The molecule has 0 fully saturated rings. The van der Waals surface area contributed by atoms with Crippen LogP contribution in [0.2, 0.25) is 0 Å². The van der Waals surface area contributed by atoms with Crippen molar-refractivity contribution >= 4 is 17.5 Å². The molecule has 23 heavy (non-hydrogen) atoms. The van der Waals surface area contributed by atoms with Gasteiger partial charge in [-0.1, -0.05) is 24.3 Å². The summed E-state index contributed by atoms with van der Waals surface area (Å²) in [6.45, 7) is 5.48. The molecule has 0 spiro atoms.